The molecule has 1 aromatic carbocycles. The van der Waals surface area contributed by atoms with E-state index in [4.69, 9.17) is 15.3 Å². The first-order valence-corrected chi connectivity index (χ1v) is 6.73. The minimum Gasteiger partial charge on any atom is -0.442 e. The van der Waals surface area contributed by atoms with Gasteiger partial charge in [0.05, 0.1) is 0 Å². The molecule has 0 aliphatic carbocycles. The summed E-state index contributed by atoms with van der Waals surface area (Å²) < 4.78 is 5.12. The maximum absolute atomic E-state index is 11.6. The van der Waals surface area contributed by atoms with Gasteiger partial charge in [0.1, 0.15) is 11.7 Å². The summed E-state index contributed by atoms with van der Waals surface area (Å²) in [6.45, 7) is 7.86. The topological polar surface area (TPSA) is 73.6 Å². The van der Waals surface area contributed by atoms with Crippen molar-refractivity contribution in [1.29, 1.82) is 0 Å². The highest BCUT2D eigenvalue weighted by Crippen LogP contribution is 2.20. The molecule has 112 valence electrons. The molecule has 5 nitrogen and oxygen atoms in total. The minimum atomic E-state index is -0.604. The summed E-state index contributed by atoms with van der Waals surface area (Å²) in [5.41, 5.74) is 9.47. The highest BCUT2D eigenvalue weighted by atomic mass is 16.7. The SMILES string of the molecule is Cc1cccc(C(CCN)ONC(=O)OC(C)(C)C)c1. The van der Waals surface area contributed by atoms with E-state index in [1.165, 1.54) is 0 Å². The minimum absolute atomic E-state index is 0.285. The second kappa shape index (κ2) is 7.26. The first-order chi connectivity index (χ1) is 9.31. The number of amides is 1. The lowest BCUT2D eigenvalue weighted by molar-refractivity contribution is -0.0455. The normalized spacial score (nSPS) is 12.8. The number of benzene rings is 1. The Kier molecular flexibility index (Phi) is 5.98. The van der Waals surface area contributed by atoms with Gasteiger partial charge >= 0.3 is 6.09 Å². The van der Waals surface area contributed by atoms with Crippen molar-refractivity contribution in [3.05, 3.63) is 35.4 Å². The number of hydrogen-bond acceptors (Lipinski definition) is 4. The average molecular weight is 280 g/mol. The molecular formula is C15H24N2O3. The third-order valence-electron chi connectivity index (χ3n) is 2.53. The fourth-order valence-electron chi connectivity index (χ4n) is 1.73. The molecule has 0 fully saturated rings. The number of hydrogen-bond donors (Lipinski definition) is 2. The molecule has 1 aromatic rings. The molecule has 0 bridgehead atoms. The Morgan fingerprint density at radius 1 is 1.40 bits per heavy atom. The van der Waals surface area contributed by atoms with E-state index in [0.717, 1.165) is 11.1 Å². The van der Waals surface area contributed by atoms with Gasteiger partial charge in [-0.15, -0.1) is 0 Å². The third kappa shape index (κ3) is 6.04. The fourth-order valence-corrected chi connectivity index (χ4v) is 1.73. The van der Waals surface area contributed by atoms with Crippen molar-refractivity contribution >= 4 is 6.09 Å². The Morgan fingerprint density at radius 3 is 2.65 bits per heavy atom. The number of ether oxygens (including phenoxy) is 1. The van der Waals surface area contributed by atoms with Crippen LogP contribution in [0.5, 0.6) is 0 Å². The Bertz CT molecular complexity index is 441. The second-order valence-electron chi connectivity index (χ2n) is 5.70. The molecule has 0 aromatic heterocycles. The maximum atomic E-state index is 11.6. The van der Waals surface area contributed by atoms with Gasteiger partial charge in [-0.2, -0.15) is 5.48 Å². The molecule has 0 saturated heterocycles. The highest BCUT2D eigenvalue weighted by Gasteiger charge is 2.18. The molecule has 1 unspecified atom stereocenters. The van der Waals surface area contributed by atoms with Crippen LogP contribution in [-0.4, -0.2) is 18.2 Å². The van der Waals surface area contributed by atoms with Crippen LogP contribution in [0.1, 0.15) is 44.4 Å². The summed E-state index contributed by atoms with van der Waals surface area (Å²) >= 11 is 0. The molecule has 0 aliphatic heterocycles. The quantitative estimate of drug-likeness (QED) is 0.813. The molecule has 0 spiro atoms. The van der Waals surface area contributed by atoms with Crippen LogP contribution >= 0.6 is 0 Å². The van der Waals surface area contributed by atoms with Crippen molar-refractivity contribution in [3.63, 3.8) is 0 Å². The number of rotatable bonds is 5. The number of carbonyl (C=O) groups excluding carboxylic acids is 1. The van der Waals surface area contributed by atoms with Gasteiger partial charge < -0.3 is 10.5 Å². The van der Waals surface area contributed by atoms with Crippen LogP contribution in [0.15, 0.2) is 24.3 Å². The zero-order valence-corrected chi connectivity index (χ0v) is 12.6. The molecule has 0 aliphatic rings. The molecule has 0 radical (unpaired) electrons. The summed E-state index contributed by atoms with van der Waals surface area (Å²) in [7, 11) is 0. The fraction of sp³-hybridized carbons (Fsp3) is 0.533. The molecule has 20 heavy (non-hydrogen) atoms. The van der Waals surface area contributed by atoms with E-state index in [1.54, 1.807) is 20.8 Å². The van der Waals surface area contributed by atoms with Crippen LogP contribution in [-0.2, 0) is 9.57 Å². The summed E-state index contributed by atoms with van der Waals surface area (Å²) in [5, 5.41) is 0. The van der Waals surface area contributed by atoms with Gasteiger partial charge in [-0.05, 0) is 46.2 Å². The van der Waals surface area contributed by atoms with Crippen molar-refractivity contribution < 1.29 is 14.4 Å². The van der Waals surface area contributed by atoms with Crippen LogP contribution < -0.4 is 11.2 Å². The third-order valence-corrected chi connectivity index (χ3v) is 2.53. The van der Waals surface area contributed by atoms with Crippen LogP contribution in [0.3, 0.4) is 0 Å². The average Bonchev–Trinajstić information content (AvgIpc) is 2.32. The summed E-state index contributed by atoms with van der Waals surface area (Å²) in [6, 6.07) is 7.91. The van der Waals surface area contributed by atoms with Crippen LogP contribution in [0, 0.1) is 6.92 Å². The molecule has 0 heterocycles. The number of carbonyl (C=O) groups is 1. The lowest BCUT2D eigenvalue weighted by atomic mass is 10.0. The Hall–Kier alpha value is -1.59. The van der Waals surface area contributed by atoms with E-state index in [2.05, 4.69) is 5.48 Å². The molecule has 1 rings (SSSR count). The number of nitrogens with one attached hydrogen (secondary N) is 1. The molecule has 5 heteroatoms. The van der Waals surface area contributed by atoms with Crippen molar-refractivity contribution in [2.24, 2.45) is 5.73 Å². The molecule has 0 saturated carbocycles. The largest absolute Gasteiger partial charge is 0.442 e. The zero-order chi connectivity index (χ0) is 15.2. The van der Waals surface area contributed by atoms with Crippen LogP contribution in [0.2, 0.25) is 0 Å². The van der Waals surface area contributed by atoms with Gasteiger partial charge in [0, 0.05) is 0 Å². The summed E-state index contributed by atoms with van der Waals surface area (Å²) in [6.07, 6.45) is -0.279. The first kappa shape index (κ1) is 16.5. The van der Waals surface area contributed by atoms with Gasteiger partial charge in [-0.25, -0.2) is 4.79 Å². The number of nitrogens with two attached hydrogens (primary N) is 1. The van der Waals surface area contributed by atoms with Crippen LogP contribution in [0.4, 0.5) is 4.79 Å². The van der Waals surface area contributed by atoms with E-state index in [-0.39, 0.29) is 6.10 Å². The van der Waals surface area contributed by atoms with Crippen molar-refractivity contribution in [3.8, 4) is 0 Å². The van der Waals surface area contributed by atoms with Crippen molar-refractivity contribution in [1.82, 2.24) is 5.48 Å². The molecule has 3 N–H and O–H groups in total. The van der Waals surface area contributed by atoms with E-state index in [0.29, 0.717) is 13.0 Å². The predicted molar refractivity (Wildman–Crippen MR) is 78.0 cm³/mol. The smallest absolute Gasteiger partial charge is 0.431 e. The number of aryl methyl sites for hydroxylation is 1. The molecular weight excluding hydrogens is 256 g/mol. The molecule has 1 amide bonds. The Labute approximate surface area is 120 Å². The lowest BCUT2D eigenvalue weighted by Crippen LogP contribution is -2.33. The molecule has 1 atom stereocenters. The van der Waals surface area contributed by atoms with Crippen molar-refractivity contribution in [2.45, 2.75) is 45.8 Å². The first-order valence-electron chi connectivity index (χ1n) is 6.73. The lowest BCUT2D eigenvalue weighted by Gasteiger charge is -2.22. The van der Waals surface area contributed by atoms with Crippen LogP contribution in [0.25, 0.3) is 0 Å². The zero-order valence-electron chi connectivity index (χ0n) is 12.6. The summed E-state index contributed by atoms with van der Waals surface area (Å²) in [4.78, 5) is 17.0. The Balaban J connectivity index is 2.62. The maximum Gasteiger partial charge on any atom is 0.431 e. The Morgan fingerprint density at radius 2 is 2.10 bits per heavy atom. The highest BCUT2D eigenvalue weighted by molar-refractivity contribution is 5.66. The van der Waals surface area contributed by atoms with Gasteiger partial charge in [-0.3, -0.25) is 4.84 Å². The summed E-state index contributed by atoms with van der Waals surface area (Å²) in [5.74, 6) is 0. The van der Waals surface area contributed by atoms with E-state index >= 15 is 0 Å². The van der Waals surface area contributed by atoms with Crippen molar-refractivity contribution in [2.75, 3.05) is 6.54 Å². The second-order valence-corrected chi connectivity index (χ2v) is 5.70. The van der Waals surface area contributed by atoms with E-state index in [1.807, 2.05) is 31.2 Å². The van der Waals surface area contributed by atoms with E-state index in [9.17, 15) is 4.79 Å². The van der Waals surface area contributed by atoms with Gasteiger partial charge in [0.15, 0.2) is 0 Å². The van der Waals surface area contributed by atoms with E-state index < -0.39 is 11.7 Å². The standard InChI is InChI=1S/C15H24N2O3/c1-11-6-5-7-12(10-11)13(8-9-16)20-17-14(18)19-15(2,3)4/h5-7,10,13H,8-9,16H2,1-4H3,(H,17,18). The number of hydroxylamine groups is 1. The monoisotopic (exact) mass is 280 g/mol. The van der Waals surface area contributed by atoms with Gasteiger partial charge in [-0.1, -0.05) is 29.8 Å². The predicted octanol–water partition coefficient (Wildman–Crippen LogP) is 2.84. The van der Waals surface area contributed by atoms with Gasteiger partial charge in [0.25, 0.3) is 0 Å². The van der Waals surface area contributed by atoms with Gasteiger partial charge in [0.2, 0.25) is 0 Å².